The largest absolute Gasteiger partial charge is 0.345 e. The smallest absolute Gasteiger partial charge is 0.239 e. The summed E-state index contributed by atoms with van der Waals surface area (Å²) >= 11 is 0. The van der Waals surface area contributed by atoms with Crippen molar-refractivity contribution in [2.45, 2.75) is 37.2 Å². The quantitative estimate of drug-likeness (QED) is 0.912. The third kappa shape index (κ3) is 3.27. The average Bonchev–Trinajstić information content (AvgIpc) is 2.48. The Morgan fingerprint density at radius 1 is 1.43 bits per heavy atom. The lowest BCUT2D eigenvalue weighted by molar-refractivity contribution is -0.131. The van der Waals surface area contributed by atoms with Crippen LogP contribution in [0.5, 0.6) is 0 Å². The Kier molecular flexibility index (Phi) is 4.68. The molecule has 21 heavy (non-hydrogen) atoms. The van der Waals surface area contributed by atoms with Crippen molar-refractivity contribution >= 4 is 15.7 Å². The van der Waals surface area contributed by atoms with Crippen LogP contribution in [0.2, 0.25) is 0 Å². The van der Waals surface area contributed by atoms with Crippen molar-refractivity contribution < 1.29 is 13.2 Å². The monoisotopic (exact) mass is 310 g/mol. The summed E-state index contributed by atoms with van der Waals surface area (Å²) in [4.78, 5) is 14.2. The fraction of sp³-hybridized carbons (Fsp3) is 0.533. The first-order chi connectivity index (χ1) is 9.86. The number of hydrogen-bond donors (Lipinski definition) is 1. The number of hydrogen-bond acceptors (Lipinski definition) is 4. The van der Waals surface area contributed by atoms with Crippen LogP contribution in [0.25, 0.3) is 0 Å². The van der Waals surface area contributed by atoms with Gasteiger partial charge in [0.1, 0.15) is 0 Å². The molecule has 0 fully saturated rings. The van der Waals surface area contributed by atoms with Gasteiger partial charge in [-0.25, -0.2) is 8.42 Å². The Balaban J connectivity index is 2.21. The van der Waals surface area contributed by atoms with E-state index in [1.54, 1.807) is 24.1 Å². The summed E-state index contributed by atoms with van der Waals surface area (Å²) in [6, 6.07) is 6.59. The molecule has 2 unspecified atom stereocenters. The predicted octanol–water partition coefficient (Wildman–Crippen LogP) is 1.36. The van der Waals surface area contributed by atoms with Crippen LogP contribution in [0, 0.1) is 0 Å². The molecule has 0 aliphatic carbocycles. The molecule has 1 aromatic rings. The summed E-state index contributed by atoms with van der Waals surface area (Å²) in [6.45, 7) is 4.40. The summed E-state index contributed by atoms with van der Waals surface area (Å²) in [5, 5.41) is 3.27. The first-order valence-electron chi connectivity index (χ1n) is 7.19. The average molecular weight is 310 g/mol. The normalized spacial score (nSPS) is 21.4. The minimum absolute atomic E-state index is 0.0170. The van der Waals surface area contributed by atoms with E-state index in [1.165, 1.54) is 0 Å². The fourth-order valence-corrected chi connectivity index (χ4v) is 4.24. The van der Waals surface area contributed by atoms with E-state index in [0.717, 1.165) is 5.56 Å². The molecule has 1 aliphatic heterocycles. The van der Waals surface area contributed by atoms with Gasteiger partial charge in [0.15, 0.2) is 9.84 Å². The Labute approximate surface area is 126 Å². The third-order valence-corrected chi connectivity index (χ3v) is 5.79. The van der Waals surface area contributed by atoms with Crippen molar-refractivity contribution in [2.75, 3.05) is 19.3 Å². The summed E-state index contributed by atoms with van der Waals surface area (Å²) in [5.74, 6) is 0.134. The molecule has 1 aliphatic rings. The lowest BCUT2D eigenvalue weighted by atomic mass is 10.0. The first-order valence-corrected chi connectivity index (χ1v) is 8.84. The highest BCUT2D eigenvalue weighted by Crippen LogP contribution is 2.32. The number of sulfone groups is 1. The van der Waals surface area contributed by atoms with Gasteiger partial charge < -0.3 is 4.90 Å². The Hall–Kier alpha value is -1.40. The fourth-order valence-electron chi connectivity index (χ4n) is 2.62. The Bertz CT molecular complexity index is 628. The highest BCUT2D eigenvalue weighted by molar-refractivity contribution is 7.91. The molecule has 5 nitrogen and oxygen atoms in total. The number of nitrogens with one attached hydrogen (secondary N) is 1. The summed E-state index contributed by atoms with van der Waals surface area (Å²) in [7, 11) is -1.42. The molecule has 0 spiro atoms. The lowest BCUT2D eigenvalue weighted by Crippen LogP contribution is -2.45. The minimum atomic E-state index is -3.19. The maximum absolute atomic E-state index is 12.1. The van der Waals surface area contributed by atoms with Crippen LogP contribution in [0.15, 0.2) is 29.2 Å². The zero-order valence-electron chi connectivity index (χ0n) is 12.7. The summed E-state index contributed by atoms with van der Waals surface area (Å²) in [5.41, 5.74) is 0.766. The van der Waals surface area contributed by atoms with Crippen molar-refractivity contribution in [3.63, 3.8) is 0 Å². The van der Waals surface area contributed by atoms with E-state index in [-0.39, 0.29) is 23.7 Å². The zero-order chi connectivity index (χ0) is 15.6. The third-order valence-electron chi connectivity index (χ3n) is 3.98. The van der Waals surface area contributed by atoms with E-state index in [1.807, 2.05) is 26.0 Å². The zero-order valence-corrected chi connectivity index (χ0v) is 13.5. The second kappa shape index (κ2) is 6.15. The molecular formula is C15H22N2O3S. The van der Waals surface area contributed by atoms with E-state index < -0.39 is 9.84 Å². The molecule has 0 saturated heterocycles. The number of fused-ring (bicyclic) bond motifs is 1. The molecule has 1 aromatic carbocycles. The van der Waals surface area contributed by atoms with Gasteiger partial charge in [-0.1, -0.05) is 18.2 Å². The number of benzene rings is 1. The Morgan fingerprint density at radius 3 is 2.76 bits per heavy atom. The van der Waals surface area contributed by atoms with Crippen molar-refractivity contribution in [2.24, 2.45) is 0 Å². The topological polar surface area (TPSA) is 66.5 Å². The highest BCUT2D eigenvalue weighted by Gasteiger charge is 2.31. The lowest BCUT2D eigenvalue weighted by Gasteiger charge is -2.30. The molecule has 0 saturated carbocycles. The van der Waals surface area contributed by atoms with Gasteiger partial charge in [-0.3, -0.25) is 10.1 Å². The van der Waals surface area contributed by atoms with Crippen molar-refractivity contribution in [3.8, 4) is 0 Å². The molecule has 0 bridgehead atoms. The SMILES string of the molecule is CCN(C)C(=O)C(C)NC1CCS(=O)(=O)c2ccccc21. The molecule has 6 heteroatoms. The van der Waals surface area contributed by atoms with Crippen molar-refractivity contribution in [3.05, 3.63) is 29.8 Å². The molecule has 1 N–H and O–H groups in total. The number of nitrogens with zero attached hydrogens (tertiary/aromatic N) is 1. The van der Waals surface area contributed by atoms with Crippen LogP contribution in [-0.2, 0) is 14.6 Å². The van der Waals surface area contributed by atoms with Gasteiger partial charge >= 0.3 is 0 Å². The first kappa shape index (κ1) is 16.0. The maximum Gasteiger partial charge on any atom is 0.239 e. The van der Waals surface area contributed by atoms with Crippen molar-refractivity contribution in [1.82, 2.24) is 10.2 Å². The molecule has 2 atom stereocenters. The minimum Gasteiger partial charge on any atom is -0.345 e. The molecule has 2 rings (SSSR count). The van der Waals surface area contributed by atoms with Crippen LogP contribution in [0.3, 0.4) is 0 Å². The van der Waals surface area contributed by atoms with E-state index in [4.69, 9.17) is 0 Å². The molecule has 116 valence electrons. The number of carbonyl (C=O) groups excluding carboxylic acids is 1. The number of likely N-dealkylation sites (N-methyl/N-ethyl adjacent to an activating group) is 1. The second-order valence-electron chi connectivity index (χ2n) is 5.44. The van der Waals surface area contributed by atoms with Gasteiger partial charge in [0, 0.05) is 19.6 Å². The van der Waals surface area contributed by atoms with E-state index in [0.29, 0.717) is 17.9 Å². The van der Waals surface area contributed by atoms with E-state index in [2.05, 4.69) is 5.32 Å². The molecule has 0 radical (unpaired) electrons. The van der Waals surface area contributed by atoms with Crippen LogP contribution in [0.4, 0.5) is 0 Å². The van der Waals surface area contributed by atoms with Gasteiger partial charge in [0.2, 0.25) is 5.91 Å². The predicted molar refractivity (Wildman–Crippen MR) is 81.8 cm³/mol. The molecular weight excluding hydrogens is 288 g/mol. The second-order valence-corrected chi connectivity index (χ2v) is 7.52. The van der Waals surface area contributed by atoms with E-state index in [9.17, 15) is 13.2 Å². The standard InChI is InChI=1S/C15H22N2O3S/c1-4-17(3)15(18)11(2)16-13-9-10-21(19,20)14-8-6-5-7-12(13)14/h5-8,11,13,16H,4,9-10H2,1-3H3. The maximum atomic E-state index is 12.1. The molecule has 1 heterocycles. The van der Waals surface area contributed by atoms with Gasteiger partial charge in [-0.15, -0.1) is 0 Å². The molecule has 0 aromatic heterocycles. The number of carbonyl (C=O) groups is 1. The number of amides is 1. The van der Waals surface area contributed by atoms with Crippen LogP contribution in [0.1, 0.15) is 31.9 Å². The van der Waals surface area contributed by atoms with Crippen molar-refractivity contribution in [1.29, 1.82) is 0 Å². The van der Waals surface area contributed by atoms with Gasteiger partial charge in [0.25, 0.3) is 0 Å². The van der Waals surface area contributed by atoms with Crippen LogP contribution in [-0.4, -0.2) is 44.6 Å². The summed E-state index contributed by atoms with van der Waals surface area (Å²) < 4.78 is 24.2. The Morgan fingerprint density at radius 2 is 2.10 bits per heavy atom. The highest BCUT2D eigenvalue weighted by atomic mass is 32.2. The number of rotatable bonds is 4. The molecule has 1 amide bonds. The van der Waals surface area contributed by atoms with Gasteiger partial charge in [0.05, 0.1) is 16.7 Å². The summed E-state index contributed by atoms with van der Waals surface area (Å²) in [6.07, 6.45) is 0.493. The van der Waals surface area contributed by atoms with Crippen LogP contribution < -0.4 is 5.32 Å². The van der Waals surface area contributed by atoms with Gasteiger partial charge in [-0.2, -0.15) is 0 Å². The van der Waals surface area contributed by atoms with E-state index >= 15 is 0 Å². The van der Waals surface area contributed by atoms with Gasteiger partial charge in [-0.05, 0) is 31.9 Å². The van der Waals surface area contributed by atoms with Crippen LogP contribution >= 0.6 is 0 Å².